The Morgan fingerprint density at radius 2 is 0.940 bits per heavy atom. The topological polar surface area (TPSA) is 33.5 Å². The first-order valence-electron chi connectivity index (χ1n) is 23.7. The van der Waals surface area contributed by atoms with Crippen LogP contribution in [0.2, 0.25) is 0 Å². The van der Waals surface area contributed by atoms with Gasteiger partial charge in [-0.05, 0) is 111 Å². The molecule has 0 bridgehead atoms. The van der Waals surface area contributed by atoms with E-state index in [1.165, 1.54) is 50.1 Å². The molecule has 9 aromatic rings. The minimum atomic E-state index is -0.285. The predicted molar refractivity (Wildman–Crippen MR) is 282 cm³/mol. The molecule has 3 heterocycles. The van der Waals surface area contributed by atoms with Crippen LogP contribution >= 0.6 is 0 Å². The highest BCUT2D eigenvalue weighted by Crippen LogP contribution is 2.46. The van der Waals surface area contributed by atoms with Gasteiger partial charge in [0.15, 0.2) is 0 Å². The van der Waals surface area contributed by atoms with Crippen LogP contribution in [0.4, 0.5) is 22.7 Å². The van der Waals surface area contributed by atoms with Crippen molar-refractivity contribution >= 4 is 44.6 Å². The molecular formula is C62H62N4O. The molecule has 336 valence electrons. The quantitative estimate of drug-likeness (QED) is 0.145. The van der Waals surface area contributed by atoms with Crippen molar-refractivity contribution in [2.24, 2.45) is 0 Å². The van der Waals surface area contributed by atoms with Gasteiger partial charge in [0.1, 0.15) is 24.0 Å². The molecule has 7 aromatic carbocycles. The lowest BCUT2D eigenvalue weighted by Gasteiger charge is -2.32. The summed E-state index contributed by atoms with van der Waals surface area (Å²) in [5, 5.41) is 2.33. The van der Waals surface area contributed by atoms with Crippen LogP contribution in [0, 0.1) is 0 Å². The van der Waals surface area contributed by atoms with Crippen LogP contribution < -0.4 is 14.5 Å². The van der Waals surface area contributed by atoms with Crippen LogP contribution in [0.25, 0.3) is 27.6 Å². The van der Waals surface area contributed by atoms with Crippen LogP contribution in [0.3, 0.4) is 0 Å². The number of nitrogens with zero attached hydrogens (tertiary/aromatic N) is 4. The van der Waals surface area contributed by atoms with Crippen LogP contribution in [0.15, 0.2) is 182 Å². The lowest BCUT2D eigenvalue weighted by molar-refractivity contribution is 0.483. The van der Waals surface area contributed by atoms with E-state index in [2.05, 4.69) is 253 Å². The van der Waals surface area contributed by atoms with E-state index in [0.717, 1.165) is 45.1 Å². The number of hydrogen-bond donors (Lipinski definition) is 0. The zero-order valence-electron chi connectivity index (χ0n) is 40.7. The molecule has 0 aliphatic carbocycles. The molecule has 0 amide bonds. The fourth-order valence-corrected chi connectivity index (χ4v) is 9.80. The van der Waals surface area contributed by atoms with E-state index in [-0.39, 0.29) is 21.7 Å². The first kappa shape index (κ1) is 43.8. The number of benzene rings is 7. The van der Waals surface area contributed by atoms with Crippen molar-refractivity contribution in [2.45, 2.75) is 90.9 Å². The molecule has 2 aromatic heterocycles. The van der Waals surface area contributed by atoms with Crippen molar-refractivity contribution in [1.29, 1.82) is 0 Å². The van der Waals surface area contributed by atoms with Gasteiger partial charge >= 0.3 is 0 Å². The van der Waals surface area contributed by atoms with Gasteiger partial charge in [0.05, 0.1) is 22.4 Å². The van der Waals surface area contributed by atoms with Crippen molar-refractivity contribution in [3.63, 3.8) is 0 Å². The Morgan fingerprint density at radius 3 is 1.63 bits per heavy atom. The highest BCUT2D eigenvalue weighted by molar-refractivity contribution is 6.09. The van der Waals surface area contributed by atoms with Crippen molar-refractivity contribution in [1.82, 2.24) is 9.55 Å². The minimum Gasteiger partial charge on any atom is -0.457 e. The number of anilines is 4. The normalized spacial score (nSPS) is 13.4. The molecule has 0 spiro atoms. The summed E-state index contributed by atoms with van der Waals surface area (Å²) >= 11 is 0. The van der Waals surface area contributed by atoms with Gasteiger partial charge < -0.3 is 14.5 Å². The summed E-state index contributed by atoms with van der Waals surface area (Å²) in [5.74, 6) is 2.42. The molecule has 0 saturated carbocycles. The van der Waals surface area contributed by atoms with E-state index >= 15 is 0 Å². The summed E-state index contributed by atoms with van der Waals surface area (Å²) in [6, 6.07) is 63.7. The fourth-order valence-electron chi connectivity index (χ4n) is 9.80. The number of ether oxygens (including phenoxy) is 1. The van der Waals surface area contributed by atoms with E-state index < -0.39 is 0 Å². The van der Waals surface area contributed by atoms with Crippen molar-refractivity contribution in [3.05, 3.63) is 216 Å². The third-order valence-corrected chi connectivity index (χ3v) is 14.2. The molecule has 0 radical (unpaired) electrons. The molecule has 0 fully saturated rings. The van der Waals surface area contributed by atoms with Gasteiger partial charge in [0.2, 0.25) is 0 Å². The van der Waals surface area contributed by atoms with Gasteiger partial charge in [0.25, 0.3) is 0 Å². The molecule has 0 saturated heterocycles. The Balaban J connectivity index is 0.978. The van der Waals surface area contributed by atoms with E-state index in [4.69, 9.17) is 9.72 Å². The zero-order valence-corrected chi connectivity index (χ0v) is 40.7. The zero-order chi connectivity index (χ0) is 46.9. The number of fused-ring (bicyclic) bond motifs is 4. The monoisotopic (exact) mass is 878 g/mol. The Hall–Kier alpha value is -7.11. The third kappa shape index (κ3) is 8.05. The summed E-state index contributed by atoms with van der Waals surface area (Å²) < 4.78 is 9.10. The summed E-state index contributed by atoms with van der Waals surface area (Å²) in [5.41, 5.74) is 14.1. The molecule has 0 unspecified atom stereocenters. The standard InChI is InChI=1S/C62H62N4O/c1-59(2,3)45-34-46(60(4,5)6)36-47(35-45)62(9,10)44-32-33-63-58(38-44)66-54-27-15-14-26-52(54)53-31-30-51(40-57(53)66)67-50-25-19-24-49(39-50)65-41-64(55-28-16-17-29-56(55)65)48-23-18-22-43(37-48)61(7,8)42-20-12-11-13-21-42/h11-40H,41H2,1-10H3. The van der Waals surface area contributed by atoms with Gasteiger partial charge in [-0.2, -0.15) is 0 Å². The maximum absolute atomic E-state index is 6.81. The summed E-state index contributed by atoms with van der Waals surface area (Å²) in [6.45, 7) is 23.8. The second-order valence-corrected chi connectivity index (χ2v) is 21.5. The highest BCUT2D eigenvalue weighted by atomic mass is 16.5. The van der Waals surface area contributed by atoms with Crippen LogP contribution in [0.5, 0.6) is 11.5 Å². The summed E-state index contributed by atoms with van der Waals surface area (Å²) in [6.07, 6.45) is 1.97. The largest absolute Gasteiger partial charge is 0.457 e. The molecule has 1 aliphatic heterocycles. The molecular weight excluding hydrogens is 817 g/mol. The smallest absolute Gasteiger partial charge is 0.137 e. The van der Waals surface area contributed by atoms with Crippen molar-refractivity contribution < 1.29 is 4.74 Å². The third-order valence-electron chi connectivity index (χ3n) is 14.2. The predicted octanol–water partition coefficient (Wildman–Crippen LogP) is 16.5. The Bertz CT molecular complexity index is 3260. The summed E-state index contributed by atoms with van der Waals surface area (Å²) in [7, 11) is 0. The first-order valence-corrected chi connectivity index (χ1v) is 23.7. The van der Waals surface area contributed by atoms with E-state index in [1.54, 1.807) is 0 Å². The maximum atomic E-state index is 6.81. The van der Waals surface area contributed by atoms with Crippen molar-refractivity contribution in [2.75, 3.05) is 16.5 Å². The molecule has 10 rings (SSSR count). The fraction of sp³-hybridized carbons (Fsp3) is 0.242. The number of hydrogen-bond acceptors (Lipinski definition) is 4. The lowest BCUT2D eigenvalue weighted by Crippen LogP contribution is -2.25. The number of para-hydroxylation sites is 3. The van der Waals surface area contributed by atoms with Gasteiger partial charge in [-0.3, -0.25) is 4.57 Å². The second kappa shape index (κ2) is 16.3. The van der Waals surface area contributed by atoms with E-state index in [1.807, 2.05) is 12.3 Å². The molecule has 5 nitrogen and oxygen atoms in total. The minimum absolute atomic E-state index is 0.0222. The van der Waals surface area contributed by atoms with Gasteiger partial charge in [-0.15, -0.1) is 0 Å². The Labute approximate surface area is 397 Å². The lowest BCUT2D eigenvalue weighted by atomic mass is 9.72. The van der Waals surface area contributed by atoms with Gasteiger partial charge in [0, 0.05) is 51.3 Å². The first-order chi connectivity index (χ1) is 32.0. The Kier molecular flexibility index (Phi) is 10.7. The maximum Gasteiger partial charge on any atom is 0.137 e. The van der Waals surface area contributed by atoms with E-state index in [9.17, 15) is 0 Å². The molecule has 67 heavy (non-hydrogen) atoms. The SMILES string of the molecule is CC(C)(C)c1cc(C(C)(C)C)cc(C(C)(C)c2ccnc(-n3c4ccccc4c4ccc(Oc5cccc(N6CN(c7cccc(C(C)(C)c8ccccc8)c7)c7ccccc76)c5)cc43)c2)c1. The summed E-state index contributed by atoms with van der Waals surface area (Å²) in [4.78, 5) is 9.85. The van der Waals surface area contributed by atoms with Gasteiger partial charge in [-0.1, -0.05) is 166 Å². The van der Waals surface area contributed by atoms with Crippen LogP contribution in [0.1, 0.15) is 103 Å². The molecule has 1 aliphatic rings. The van der Waals surface area contributed by atoms with Crippen molar-refractivity contribution in [3.8, 4) is 17.3 Å². The highest BCUT2D eigenvalue weighted by Gasteiger charge is 2.31. The number of pyridine rings is 1. The average molecular weight is 879 g/mol. The molecule has 0 atom stereocenters. The van der Waals surface area contributed by atoms with Crippen LogP contribution in [-0.4, -0.2) is 16.2 Å². The van der Waals surface area contributed by atoms with E-state index in [0.29, 0.717) is 6.67 Å². The van der Waals surface area contributed by atoms with Crippen LogP contribution in [-0.2, 0) is 21.7 Å². The second-order valence-electron chi connectivity index (χ2n) is 21.5. The molecule has 0 N–H and O–H groups in total. The number of aromatic nitrogens is 2. The molecule has 5 heteroatoms. The van der Waals surface area contributed by atoms with Gasteiger partial charge in [-0.25, -0.2) is 4.98 Å². The Morgan fingerprint density at radius 1 is 0.403 bits per heavy atom. The average Bonchev–Trinajstić information content (AvgIpc) is 3.87. The number of rotatable bonds is 9.